The summed E-state index contributed by atoms with van der Waals surface area (Å²) in [5.41, 5.74) is 1.41. The van der Waals surface area contributed by atoms with Gasteiger partial charge in [-0.05, 0) is 12.3 Å². The zero-order chi connectivity index (χ0) is 11.0. The molecule has 1 rings (SSSR count). The van der Waals surface area contributed by atoms with E-state index < -0.39 is 0 Å². The molecule has 14 heavy (non-hydrogen) atoms. The van der Waals surface area contributed by atoms with Crippen molar-refractivity contribution in [2.45, 2.75) is 38.1 Å². The van der Waals surface area contributed by atoms with Crippen LogP contribution in [0.25, 0.3) is 0 Å². The van der Waals surface area contributed by atoms with E-state index in [2.05, 4.69) is 61.9 Å². The molecule has 1 aliphatic carbocycles. The van der Waals surface area contributed by atoms with Crippen LogP contribution in [0.3, 0.4) is 0 Å². The number of hydrogen-bond acceptors (Lipinski definition) is 1. The van der Waals surface area contributed by atoms with E-state index in [4.69, 9.17) is 4.74 Å². The van der Waals surface area contributed by atoms with Crippen molar-refractivity contribution in [1.82, 2.24) is 0 Å². The second-order valence-corrected chi connectivity index (χ2v) is 6.23. The van der Waals surface area contributed by atoms with Gasteiger partial charge in [0.25, 0.3) is 0 Å². The molecule has 0 aromatic rings. The number of allylic oxidation sites excluding steroid dienone is 2. The summed E-state index contributed by atoms with van der Waals surface area (Å²) in [5, 5.41) is 0. The molecular formula is C12H19BrO. The van der Waals surface area contributed by atoms with Crippen LogP contribution in [0.15, 0.2) is 23.8 Å². The van der Waals surface area contributed by atoms with Gasteiger partial charge in [0.1, 0.15) is 0 Å². The van der Waals surface area contributed by atoms with Crippen molar-refractivity contribution in [3.05, 3.63) is 23.8 Å². The first-order valence-electron chi connectivity index (χ1n) is 4.90. The summed E-state index contributed by atoms with van der Waals surface area (Å²) in [6, 6.07) is 0. The minimum atomic E-state index is -0.104. The average molecular weight is 259 g/mol. The van der Waals surface area contributed by atoms with E-state index in [0.717, 1.165) is 0 Å². The van der Waals surface area contributed by atoms with E-state index in [9.17, 15) is 0 Å². The summed E-state index contributed by atoms with van der Waals surface area (Å²) < 4.78 is 5.40. The Morgan fingerprint density at radius 1 is 1.43 bits per heavy atom. The van der Waals surface area contributed by atoms with Crippen molar-refractivity contribution in [2.75, 3.05) is 7.11 Å². The maximum Gasteiger partial charge on any atom is 0.0948 e. The highest BCUT2D eigenvalue weighted by Gasteiger charge is 2.44. The fourth-order valence-electron chi connectivity index (χ4n) is 1.73. The van der Waals surface area contributed by atoms with Crippen molar-refractivity contribution in [2.24, 2.45) is 5.41 Å². The lowest BCUT2D eigenvalue weighted by Gasteiger charge is -2.43. The van der Waals surface area contributed by atoms with Crippen molar-refractivity contribution in [3.8, 4) is 0 Å². The van der Waals surface area contributed by atoms with Gasteiger partial charge in [-0.15, -0.1) is 0 Å². The van der Waals surface area contributed by atoms with Crippen molar-refractivity contribution in [1.29, 1.82) is 0 Å². The number of ether oxygens (including phenoxy) is 1. The van der Waals surface area contributed by atoms with Crippen LogP contribution in [0, 0.1) is 5.41 Å². The van der Waals surface area contributed by atoms with Crippen LogP contribution in [0.2, 0.25) is 0 Å². The highest BCUT2D eigenvalue weighted by molar-refractivity contribution is 9.10. The molecule has 1 aliphatic rings. The molecular weight excluding hydrogens is 240 g/mol. The molecule has 80 valence electrons. The van der Waals surface area contributed by atoms with Gasteiger partial charge >= 0.3 is 0 Å². The van der Waals surface area contributed by atoms with Crippen LogP contribution >= 0.6 is 15.9 Å². The SMILES string of the molecule is COC1C=CC(C)=CC1(Br)C(C)(C)C. The molecule has 0 aromatic heterocycles. The predicted octanol–water partition coefficient (Wildman–Crippen LogP) is 3.70. The minimum Gasteiger partial charge on any atom is -0.376 e. The Labute approximate surface area is 95.3 Å². The Morgan fingerprint density at radius 3 is 2.43 bits per heavy atom. The summed E-state index contributed by atoms with van der Waals surface area (Å²) in [4.78, 5) is 0. The van der Waals surface area contributed by atoms with E-state index in [1.807, 2.05) is 0 Å². The van der Waals surface area contributed by atoms with Gasteiger partial charge in [0.05, 0.1) is 10.4 Å². The second kappa shape index (κ2) is 3.82. The molecule has 2 heteroatoms. The maximum absolute atomic E-state index is 5.50. The topological polar surface area (TPSA) is 9.23 Å². The quantitative estimate of drug-likeness (QED) is 0.652. The van der Waals surface area contributed by atoms with Gasteiger partial charge in [0, 0.05) is 7.11 Å². The first-order valence-corrected chi connectivity index (χ1v) is 5.70. The van der Waals surface area contributed by atoms with Crippen LogP contribution in [0.4, 0.5) is 0 Å². The predicted molar refractivity (Wildman–Crippen MR) is 64.8 cm³/mol. The first kappa shape index (κ1) is 12.0. The lowest BCUT2D eigenvalue weighted by molar-refractivity contribution is 0.0815. The molecule has 0 saturated heterocycles. The molecule has 0 fully saturated rings. The standard InChI is InChI=1S/C12H19BrO/c1-9-6-7-10(14-5)12(13,8-9)11(2,3)4/h6-8,10H,1-5H3. The monoisotopic (exact) mass is 258 g/mol. The first-order chi connectivity index (χ1) is 6.31. The lowest BCUT2D eigenvalue weighted by Crippen LogP contribution is -2.47. The summed E-state index contributed by atoms with van der Waals surface area (Å²) in [5.74, 6) is 0. The Morgan fingerprint density at radius 2 is 2.00 bits per heavy atom. The second-order valence-electron chi connectivity index (χ2n) is 4.92. The van der Waals surface area contributed by atoms with E-state index in [1.165, 1.54) is 5.57 Å². The summed E-state index contributed by atoms with van der Waals surface area (Å²) >= 11 is 3.83. The maximum atomic E-state index is 5.50. The molecule has 1 nitrogen and oxygen atoms in total. The molecule has 0 bridgehead atoms. The third kappa shape index (κ3) is 1.96. The van der Waals surface area contributed by atoms with Crippen LogP contribution in [-0.2, 0) is 4.74 Å². The molecule has 0 aromatic carbocycles. The van der Waals surface area contributed by atoms with Gasteiger partial charge < -0.3 is 4.74 Å². The minimum absolute atomic E-state index is 0.103. The zero-order valence-electron chi connectivity index (χ0n) is 9.60. The largest absolute Gasteiger partial charge is 0.376 e. The van der Waals surface area contributed by atoms with Gasteiger partial charge in [-0.3, -0.25) is 0 Å². The number of alkyl halides is 1. The van der Waals surface area contributed by atoms with Gasteiger partial charge in [-0.2, -0.15) is 0 Å². The third-order valence-corrected chi connectivity index (χ3v) is 4.66. The summed E-state index contributed by atoms with van der Waals surface area (Å²) in [7, 11) is 1.76. The molecule has 2 unspecified atom stereocenters. The highest BCUT2D eigenvalue weighted by Crippen LogP contribution is 2.46. The van der Waals surface area contributed by atoms with E-state index in [1.54, 1.807) is 7.11 Å². The molecule has 0 aliphatic heterocycles. The molecule has 0 heterocycles. The molecule has 0 N–H and O–H groups in total. The Kier molecular flexibility index (Phi) is 3.27. The number of hydrogen-bond donors (Lipinski definition) is 0. The van der Waals surface area contributed by atoms with Gasteiger partial charge in [0.2, 0.25) is 0 Å². The summed E-state index contributed by atoms with van der Waals surface area (Å²) in [6.07, 6.45) is 6.59. The number of halogens is 1. The van der Waals surface area contributed by atoms with Crippen LogP contribution < -0.4 is 0 Å². The van der Waals surface area contributed by atoms with Crippen LogP contribution in [0.5, 0.6) is 0 Å². The fourth-order valence-corrected chi connectivity index (χ4v) is 2.43. The molecule has 0 saturated carbocycles. The molecule has 0 radical (unpaired) electrons. The van der Waals surface area contributed by atoms with Crippen molar-refractivity contribution in [3.63, 3.8) is 0 Å². The molecule has 0 amide bonds. The Hall–Kier alpha value is -0.0800. The van der Waals surface area contributed by atoms with Crippen molar-refractivity contribution < 1.29 is 4.74 Å². The van der Waals surface area contributed by atoms with E-state index in [0.29, 0.717) is 0 Å². The van der Waals surface area contributed by atoms with Crippen LogP contribution in [0.1, 0.15) is 27.7 Å². The van der Waals surface area contributed by atoms with Gasteiger partial charge in [-0.1, -0.05) is 60.5 Å². The number of rotatable bonds is 1. The zero-order valence-corrected chi connectivity index (χ0v) is 11.2. The third-order valence-electron chi connectivity index (χ3n) is 2.79. The fraction of sp³-hybridized carbons (Fsp3) is 0.667. The van der Waals surface area contributed by atoms with Gasteiger partial charge in [-0.25, -0.2) is 0 Å². The van der Waals surface area contributed by atoms with Gasteiger partial charge in [0.15, 0.2) is 0 Å². The average Bonchev–Trinajstić information content (AvgIpc) is 2.02. The Balaban J connectivity index is 3.11. The highest BCUT2D eigenvalue weighted by atomic mass is 79.9. The van der Waals surface area contributed by atoms with E-state index in [-0.39, 0.29) is 15.8 Å². The molecule has 0 spiro atoms. The smallest absolute Gasteiger partial charge is 0.0948 e. The normalized spacial score (nSPS) is 33.0. The van der Waals surface area contributed by atoms with Crippen molar-refractivity contribution >= 4 is 15.9 Å². The Bertz CT molecular complexity index is 273. The van der Waals surface area contributed by atoms with Crippen LogP contribution in [-0.4, -0.2) is 17.5 Å². The number of methoxy groups -OCH3 is 1. The molecule has 2 atom stereocenters. The van der Waals surface area contributed by atoms with E-state index >= 15 is 0 Å². The lowest BCUT2D eigenvalue weighted by atomic mass is 9.74. The summed E-state index contributed by atoms with van der Waals surface area (Å²) in [6.45, 7) is 8.77.